The van der Waals surface area contributed by atoms with Gasteiger partial charge < -0.3 is 15.6 Å². The Kier molecular flexibility index (Phi) is 4.76. The Hall–Kier alpha value is -1.07. The van der Waals surface area contributed by atoms with Gasteiger partial charge in [0.1, 0.15) is 5.75 Å². The van der Waals surface area contributed by atoms with Crippen molar-refractivity contribution >= 4 is 21.9 Å². The Balaban J connectivity index is 2.88. The molecule has 16 heavy (non-hydrogen) atoms. The molecular weight excluding hydrogens is 274 g/mol. The molecule has 0 saturated heterocycles. The van der Waals surface area contributed by atoms with Crippen LogP contribution in [0, 0.1) is 0 Å². The third kappa shape index (κ3) is 3.21. The zero-order valence-corrected chi connectivity index (χ0v) is 10.5. The van der Waals surface area contributed by atoms with E-state index in [4.69, 9.17) is 15.6 Å². The van der Waals surface area contributed by atoms with Gasteiger partial charge in [0.05, 0.1) is 7.11 Å². The lowest BCUT2D eigenvalue weighted by Gasteiger charge is -2.16. The molecule has 0 spiro atoms. The molecule has 4 nitrogen and oxygen atoms in total. The maximum atomic E-state index is 10.5. The van der Waals surface area contributed by atoms with E-state index in [1.54, 1.807) is 13.2 Å². The Morgan fingerprint density at radius 2 is 2.31 bits per heavy atom. The second kappa shape index (κ2) is 5.86. The van der Waals surface area contributed by atoms with Gasteiger partial charge in [0.15, 0.2) is 0 Å². The van der Waals surface area contributed by atoms with Crippen LogP contribution in [0.5, 0.6) is 5.75 Å². The lowest BCUT2D eigenvalue weighted by molar-refractivity contribution is -0.137. The Morgan fingerprint density at radius 1 is 1.62 bits per heavy atom. The number of carbonyl (C=O) groups is 1. The number of benzene rings is 1. The number of halogens is 1. The first-order valence-corrected chi connectivity index (χ1v) is 5.65. The third-order valence-electron chi connectivity index (χ3n) is 2.27. The fourth-order valence-electron chi connectivity index (χ4n) is 1.48. The lowest BCUT2D eigenvalue weighted by atomic mass is 10.0. The van der Waals surface area contributed by atoms with E-state index in [2.05, 4.69) is 15.9 Å². The van der Waals surface area contributed by atoms with Crippen molar-refractivity contribution in [2.24, 2.45) is 5.73 Å². The van der Waals surface area contributed by atoms with Crippen LogP contribution in [0.15, 0.2) is 22.7 Å². The minimum Gasteiger partial charge on any atom is -0.496 e. The van der Waals surface area contributed by atoms with Gasteiger partial charge in [-0.2, -0.15) is 0 Å². The van der Waals surface area contributed by atoms with E-state index < -0.39 is 5.97 Å². The van der Waals surface area contributed by atoms with Crippen LogP contribution in [0.25, 0.3) is 0 Å². The van der Waals surface area contributed by atoms with Crippen molar-refractivity contribution in [3.8, 4) is 5.75 Å². The molecule has 0 aliphatic rings. The van der Waals surface area contributed by atoms with Crippen molar-refractivity contribution in [1.29, 1.82) is 0 Å². The first-order chi connectivity index (χ1) is 7.56. The predicted octanol–water partition coefficient (Wildman–Crippen LogP) is 2.32. The average molecular weight is 288 g/mol. The van der Waals surface area contributed by atoms with Crippen molar-refractivity contribution < 1.29 is 14.6 Å². The molecular formula is C11H14BrNO3. The highest BCUT2D eigenvalue weighted by Crippen LogP contribution is 2.33. The molecule has 0 heterocycles. The molecule has 1 aromatic rings. The Morgan fingerprint density at radius 3 is 2.88 bits per heavy atom. The molecule has 0 aliphatic heterocycles. The maximum absolute atomic E-state index is 10.5. The molecule has 3 N–H and O–H groups in total. The predicted molar refractivity (Wildman–Crippen MR) is 64.5 cm³/mol. The maximum Gasteiger partial charge on any atom is 0.303 e. The SMILES string of the molecule is COc1cccc(Br)c1C(N)CCC(=O)O. The number of hydrogen-bond acceptors (Lipinski definition) is 3. The molecule has 1 atom stereocenters. The number of carboxylic acids is 1. The van der Waals surface area contributed by atoms with E-state index in [0.717, 1.165) is 10.0 Å². The van der Waals surface area contributed by atoms with E-state index in [1.165, 1.54) is 0 Å². The normalized spacial score (nSPS) is 12.2. The molecule has 1 rings (SSSR count). The number of ether oxygens (including phenoxy) is 1. The first-order valence-electron chi connectivity index (χ1n) is 4.86. The van der Waals surface area contributed by atoms with Gasteiger partial charge in [-0.15, -0.1) is 0 Å². The monoisotopic (exact) mass is 287 g/mol. The zero-order valence-electron chi connectivity index (χ0n) is 8.94. The van der Waals surface area contributed by atoms with E-state index >= 15 is 0 Å². The van der Waals surface area contributed by atoms with Crippen LogP contribution in [0.3, 0.4) is 0 Å². The molecule has 0 bridgehead atoms. The summed E-state index contributed by atoms with van der Waals surface area (Å²) in [6, 6.07) is 5.16. The number of aliphatic carboxylic acids is 1. The van der Waals surface area contributed by atoms with Gasteiger partial charge in [-0.1, -0.05) is 22.0 Å². The first kappa shape index (κ1) is 13.0. The van der Waals surface area contributed by atoms with Crippen molar-refractivity contribution in [3.63, 3.8) is 0 Å². The molecule has 0 fully saturated rings. The van der Waals surface area contributed by atoms with Crippen molar-refractivity contribution in [2.45, 2.75) is 18.9 Å². The summed E-state index contributed by atoms with van der Waals surface area (Å²) in [5.74, 6) is -0.172. The summed E-state index contributed by atoms with van der Waals surface area (Å²) in [7, 11) is 1.56. The van der Waals surface area contributed by atoms with Crippen LogP contribution in [-0.2, 0) is 4.79 Å². The molecule has 1 unspecified atom stereocenters. The van der Waals surface area contributed by atoms with Crippen LogP contribution in [0.1, 0.15) is 24.4 Å². The van der Waals surface area contributed by atoms with Crippen LogP contribution in [0.4, 0.5) is 0 Å². The fraction of sp³-hybridized carbons (Fsp3) is 0.364. The largest absolute Gasteiger partial charge is 0.496 e. The summed E-state index contributed by atoms with van der Waals surface area (Å²) < 4.78 is 6.03. The summed E-state index contributed by atoms with van der Waals surface area (Å²) >= 11 is 3.39. The van der Waals surface area contributed by atoms with Crippen LogP contribution >= 0.6 is 15.9 Å². The van der Waals surface area contributed by atoms with Crippen LogP contribution < -0.4 is 10.5 Å². The number of methoxy groups -OCH3 is 1. The average Bonchev–Trinajstić information content (AvgIpc) is 2.25. The Labute approximate surface area is 103 Å². The second-order valence-corrected chi connectivity index (χ2v) is 4.25. The second-order valence-electron chi connectivity index (χ2n) is 3.39. The Bertz CT molecular complexity index is 381. The molecule has 88 valence electrons. The minimum atomic E-state index is -0.846. The van der Waals surface area contributed by atoms with Gasteiger partial charge in [0, 0.05) is 22.5 Å². The minimum absolute atomic E-state index is 0.0473. The lowest BCUT2D eigenvalue weighted by Crippen LogP contribution is -2.14. The molecule has 0 aliphatic carbocycles. The summed E-state index contributed by atoms with van der Waals surface area (Å²) in [4.78, 5) is 10.5. The molecule has 0 amide bonds. The van der Waals surface area contributed by atoms with E-state index in [0.29, 0.717) is 12.2 Å². The highest BCUT2D eigenvalue weighted by atomic mass is 79.9. The third-order valence-corrected chi connectivity index (χ3v) is 2.96. The van der Waals surface area contributed by atoms with Crippen LogP contribution in [-0.4, -0.2) is 18.2 Å². The zero-order chi connectivity index (χ0) is 12.1. The molecule has 0 radical (unpaired) electrons. The summed E-state index contributed by atoms with van der Waals surface area (Å²) in [6.45, 7) is 0. The van der Waals surface area contributed by atoms with Crippen molar-refractivity contribution in [1.82, 2.24) is 0 Å². The van der Waals surface area contributed by atoms with E-state index in [9.17, 15) is 4.79 Å². The van der Waals surface area contributed by atoms with Crippen molar-refractivity contribution in [3.05, 3.63) is 28.2 Å². The van der Waals surface area contributed by atoms with Crippen LogP contribution in [0.2, 0.25) is 0 Å². The smallest absolute Gasteiger partial charge is 0.303 e. The van der Waals surface area contributed by atoms with Gasteiger partial charge in [-0.3, -0.25) is 4.79 Å². The van der Waals surface area contributed by atoms with Gasteiger partial charge >= 0.3 is 5.97 Å². The molecule has 0 saturated carbocycles. The fourth-order valence-corrected chi connectivity index (χ4v) is 2.12. The molecule has 1 aromatic carbocycles. The van der Waals surface area contributed by atoms with Gasteiger partial charge in [-0.05, 0) is 18.6 Å². The number of hydrogen-bond donors (Lipinski definition) is 2. The quantitative estimate of drug-likeness (QED) is 0.872. The number of rotatable bonds is 5. The van der Waals surface area contributed by atoms with Crippen molar-refractivity contribution in [2.75, 3.05) is 7.11 Å². The van der Waals surface area contributed by atoms with Gasteiger partial charge in [-0.25, -0.2) is 0 Å². The summed E-state index contributed by atoms with van der Waals surface area (Å²) in [6.07, 6.45) is 0.431. The number of nitrogens with two attached hydrogens (primary N) is 1. The standard InChI is InChI=1S/C11H14BrNO3/c1-16-9-4-2-3-7(12)11(9)8(13)5-6-10(14)15/h2-4,8H,5-6,13H2,1H3,(H,14,15). The topological polar surface area (TPSA) is 72.5 Å². The highest BCUT2D eigenvalue weighted by Gasteiger charge is 2.16. The van der Waals surface area contributed by atoms with E-state index in [1.807, 2.05) is 12.1 Å². The van der Waals surface area contributed by atoms with Gasteiger partial charge in [0.2, 0.25) is 0 Å². The molecule has 5 heteroatoms. The number of carboxylic acid groups (broad SMARTS) is 1. The highest BCUT2D eigenvalue weighted by molar-refractivity contribution is 9.10. The summed E-state index contributed by atoms with van der Waals surface area (Å²) in [5.41, 5.74) is 6.76. The van der Waals surface area contributed by atoms with Gasteiger partial charge in [0.25, 0.3) is 0 Å². The van der Waals surface area contributed by atoms with E-state index in [-0.39, 0.29) is 12.5 Å². The summed E-state index contributed by atoms with van der Waals surface area (Å²) in [5, 5.41) is 8.61. The molecule has 0 aromatic heterocycles.